The molecular formula is C28H30Cl2F3NO3. The lowest BCUT2D eigenvalue weighted by Gasteiger charge is -2.27. The molecule has 0 aliphatic heterocycles. The van der Waals surface area contributed by atoms with E-state index >= 15 is 0 Å². The van der Waals surface area contributed by atoms with E-state index in [9.17, 15) is 18.0 Å². The second kappa shape index (κ2) is 14.3. The van der Waals surface area contributed by atoms with Gasteiger partial charge in [0.1, 0.15) is 5.75 Å². The first-order chi connectivity index (χ1) is 17.1. The highest BCUT2D eigenvalue weighted by molar-refractivity contribution is 6.32. The average molecular weight is 556 g/mol. The van der Waals surface area contributed by atoms with Crippen molar-refractivity contribution in [3.05, 3.63) is 100 Å². The standard InChI is InChI=1S/C28H29ClF3NO3.ClH/c1-20(22-9-3-2-4-10-22)18-33(19-23-11-6-13-25(27(23)29)28(30,31)32)14-7-15-36-24-12-5-8-21(16-24)17-26(34)35;/h2-6,8-13,16,20H,7,14-15,17-19H2,1H3,(H,34,35);1H. The van der Waals surface area contributed by atoms with Crippen molar-refractivity contribution < 1.29 is 27.8 Å². The minimum atomic E-state index is -4.52. The lowest BCUT2D eigenvalue weighted by molar-refractivity contribution is -0.138. The van der Waals surface area contributed by atoms with Gasteiger partial charge in [-0.1, -0.05) is 73.1 Å². The van der Waals surface area contributed by atoms with Gasteiger partial charge in [0.05, 0.1) is 23.6 Å². The molecule has 4 nitrogen and oxygen atoms in total. The summed E-state index contributed by atoms with van der Waals surface area (Å²) in [6.45, 7) is 3.95. The largest absolute Gasteiger partial charge is 0.494 e. The lowest BCUT2D eigenvalue weighted by Crippen LogP contribution is -2.30. The van der Waals surface area contributed by atoms with Gasteiger partial charge in [-0.25, -0.2) is 0 Å². The van der Waals surface area contributed by atoms with Gasteiger partial charge in [-0.3, -0.25) is 9.69 Å². The number of rotatable bonds is 12. The van der Waals surface area contributed by atoms with E-state index in [0.29, 0.717) is 43.0 Å². The highest BCUT2D eigenvalue weighted by atomic mass is 35.5. The van der Waals surface area contributed by atoms with Crippen LogP contribution in [0.5, 0.6) is 5.75 Å². The van der Waals surface area contributed by atoms with Crippen molar-refractivity contribution in [2.75, 3.05) is 19.7 Å². The number of hydrogen-bond acceptors (Lipinski definition) is 3. The summed E-state index contributed by atoms with van der Waals surface area (Å²) in [5, 5.41) is 8.70. The third-order valence-electron chi connectivity index (χ3n) is 5.82. The molecule has 3 aromatic rings. The number of aliphatic carboxylic acids is 1. The highest BCUT2D eigenvalue weighted by Gasteiger charge is 2.34. The molecule has 3 rings (SSSR count). The van der Waals surface area contributed by atoms with Crippen molar-refractivity contribution in [1.82, 2.24) is 4.90 Å². The first-order valence-electron chi connectivity index (χ1n) is 11.7. The number of carboxylic acids is 1. The highest BCUT2D eigenvalue weighted by Crippen LogP contribution is 2.36. The molecule has 0 amide bonds. The van der Waals surface area contributed by atoms with E-state index in [0.717, 1.165) is 11.6 Å². The molecule has 37 heavy (non-hydrogen) atoms. The van der Waals surface area contributed by atoms with E-state index in [1.807, 2.05) is 30.3 Å². The van der Waals surface area contributed by atoms with Crippen LogP contribution in [0.15, 0.2) is 72.8 Å². The quantitative estimate of drug-likeness (QED) is 0.235. The number of carboxylic acid groups (broad SMARTS) is 1. The topological polar surface area (TPSA) is 49.8 Å². The smallest absolute Gasteiger partial charge is 0.417 e. The van der Waals surface area contributed by atoms with E-state index in [1.165, 1.54) is 6.07 Å². The van der Waals surface area contributed by atoms with Gasteiger partial charge in [-0.2, -0.15) is 13.2 Å². The molecule has 0 aliphatic carbocycles. The van der Waals surface area contributed by atoms with E-state index in [-0.39, 0.29) is 36.3 Å². The van der Waals surface area contributed by atoms with Crippen LogP contribution >= 0.6 is 24.0 Å². The zero-order chi connectivity index (χ0) is 26.1. The number of hydrogen-bond donors (Lipinski definition) is 1. The monoisotopic (exact) mass is 555 g/mol. The Kier molecular flexibility index (Phi) is 11.8. The van der Waals surface area contributed by atoms with Crippen LogP contribution in [0, 0.1) is 0 Å². The second-order valence-electron chi connectivity index (χ2n) is 8.74. The van der Waals surface area contributed by atoms with Crippen LogP contribution in [-0.4, -0.2) is 35.7 Å². The van der Waals surface area contributed by atoms with Crippen molar-refractivity contribution in [2.24, 2.45) is 0 Å². The molecule has 1 N–H and O–H groups in total. The summed E-state index contributed by atoms with van der Waals surface area (Å²) < 4.78 is 45.9. The summed E-state index contributed by atoms with van der Waals surface area (Å²) in [5.74, 6) is -0.174. The minimum absolute atomic E-state index is 0. The first-order valence-corrected chi connectivity index (χ1v) is 12.1. The van der Waals surface area contributed by atoms with Crippen LogP contribution in [0.1, 0.15) is 41.5 Å². The van der Waals surface area contributed by atoms with Crippen molar-refractivity contribution in [1.29, 1.82) is 0 Å². The number of carbonyl (C=O) groups is 1. The third-order valence-corrected chi connectivity index (χ3v) is 6.27. The maximum absolute atomic E-state index is 13.4. The summed E-state index contributed by atoms with van der Waals surface area (Å²) >= 11 is 6.17. The number of nitrogens with zero attached hydrogens (tertiary/aromatic N) is 1. The summed E-state index contributed by atoms with van der Waals surface area (Å²) in [5.41, 5.74) is 1.39. The number of benzene rings is 3. The maximum atomic E-state index is 13.4. The maximum Gasteiger partial charge on any atom is 0.417 e. The Morgan fingerprint density at radius 3 is 2.43 bits per heavy atom. The van der Waals surface area contributed by atoms with Crippen molar-refractivity contribution in [3.8, 4) is 5.75 Å². The third kappa shape index (κ3) is 9.58. The SMILES string of the molecule is CC(CN(CCCOc1cccc(CC(=O)O)c1)Cc1cccc(C(F)(F)F)c1Cl)c1ccccc1.Cl. The molecule has 1 atom stereocenters. The Bertz CT molecular complexity index is 1140. The number of alkyl halides is 3. The summed E-state index contributed by atoms with van der Waals surface area (Å²) in [7, 11) is 0. The molecule has 0 aromatic heterocycles. The van der Waals surface area contributed by atoms with Gasteiger partial charge in [0.15, 0.2) is 0 Å². The fraction of sp³-hybridized carbons (Fsp3) is 0.321. The van der Waals surface area contributed by atoms with Crippen LogP contribution in [0.25, 0.3) is 0 Å². The Labute approximate surface area is 226 Å². The minimum Gasteiger partial charge on any atom is -0.494 e. The fourth-order valence-electron chi connectivity index (χ4n) is 4.07. The van der Waals surface area contributed by atoms with Gasteiger partial charge in [0, 0.05) is 19.6 Å². The predicted molar refractivity (Wildman–Crippen MR) is 142 cm³/mol. The van der Waals surface area contributed by atoms with Gasteiger partial charge in [-0.05, 0) is 47.2 Å². The molecule has 3 aromatic carbocycles. The summed E-state index contributed by atoms with van der Waals surface area (Å²) in [6, 6.07) is 20.9. The van der Waals surface area contributed by atoms with Crippen LogP contribution in [-0.2, 0) is 23.9 Å². The first kappa shape index (κ1) is 30.5. The van der Waals surface area contributed by atoms with Crippen molar-refractivity contribution in [2.45, 2.75) is 38.4 Å². The van der Waals surface area contributed by atoms with Gasteiger partial charge >= 0.3 is 12.1 Å². The van der Waals surface area contributed by atoms with E-state index < -0.39 is 17.7 Å². The van der Waals surface area contributed by atoms with Crippen molar-refractivity contribution in [3.63, 3.8) is 0 Å². The molecule has 0 aliphatic rings. The van der Waals surface area contributed by atoms with E-state index in [4.69, 9.17) is 21.4 Å². The average Bonchev–Trinajstić information content (AvgIpc) is 2.82. The van der Waals surface area contributed by atoms with Gasteiger partial charge in [0.2, 0.25) is 0 Å². The zero-order valence-electron chi connectivity index (χ0n) is 20.4. The Morgan fingerprint density at radius 1 is 1.05 bits per heavy atom. The molecule has 0 heterocycles. The van der Waals surface area contributed by atoms with E-state index in [1.54, 1.807) is 30.3 Å². The van der Waals surface area contributed by atoms with Crippen LogP contribution in [0.2, 0.25) is 5.02 Å². The number of halogens is 5. The molecule has 0 spiro atoms. The molecule has 0 saturated heterocycles. The normalized spacial score (nSPS) is 12.2. The fourth-order valence-corrected chi connectivity index (χ4v) is 4.36. The van der Waals surface area contributed by atoms with Gasteiger partial charge in [-0.15, -0.1) is 12.4 Å². The van der Waals surface area contributed by atoms with Gasteiger partial charge in [0.25, 0.3) is 0 Å². The van der Waals surface area contributed by atoms with Crippen LogP contribution < -0.4 is 4.74 Å². The van der Waals surface area contributed by atoms with Crippen LogP contribution in [0.3, 0.4) is 0 Å². The summed E-state index contributed by atoms with van der Waals surface area (Å²) in [4.78, 5) is 13.0. The molecular weight excluding hydrogens is 526 g/mol. The molecule has 1 unspecified atom stereocenters. The predicted octanol–water partition coefficient (Wildman–Crippen LogP) is 7.48. The molecule has 9 heteroatoms. The molecule has 0 saturated carbocycles. The molecule has 200 valence electrons. The molecule has 0 bridgehead atoms. The summed E-state index contributed by atoms with van der Waals surface area (Å²) in [6.07, 6.45) is -3.97. The zero-order valence-corrected chi connectivity index (χ0v) is 22.0. The van der Waals surface area contributed by atoms with Gasteiger partial charge < -0.3 is 9.84 Å². The second-order valence-corrected chi connectivity index (χ2v) is 9.12. The molecule has 0 fully saturated rings. The Balaban J connectivity index is 0.00000481. The molecule has 0 radical (unpaired) electrons. The van der Waals surface area contributed by atoms with Crippen molar-refractivity contribution >= 4 is 30.0 Å². The Morgan fingerprint density at radius 2 is 1.76 bits per heavy atom. The number of ether oxygens (including phenoxy) is 1. The lowest BCUT2D eigenvalue weighted by atomic mass is 10.00. The Hall–Kier alpha value is -2.74. The van der Waals surface area contributed by atoms with Crippen LogP contribution in [0.4, 0.5) is 13.2 Å². The van der Waals surface area contributed by atoms with E-state index in [2.05, 4.69) is 11.8 Å².